The molecule has 2 rings (SSSR count). The first-order chi connectivity index (χ1) is 10.6. The van der Waals surface area contributed by atoms with E-state index >= 15 is 0 Å². The lowest BCUT2D eigenvalue weighted by Crippen LogP contribution is -2.35. The van der Waals surface area contributed by atoms with E-state index in [9.17, 15) is 27.0 Å². The summed E-state index contributed by atoms with van der Waals surface area (Å²) in [5, 5.41) is 9.52. The highest BCUT2D eigenvalue weighted by atomic mass is 32.3. The summed E-state index contributed by atoms with van der Waals surface area (Å²) in [6.07, 6.45) is -0.169. The van der Waals surface area contributed by atoms with Gasteiger partial charge in [-0.2, -0.15) is 8.42 Å². The largest absolute Gasteiger partial charge is 0.479 e. The van der Waals surface area contributed by atoms with Gasteiger partial charge in [0.25, 0.3) is 0 Å². The summed E-state index contributed by atoms with van der Waals surface area (Å²) in [5.41, 5.74) is 2.17. The van der Waals surface area contributed by atoms with Gasteiger partial charge in [-0.1, -0.05) is 29.3 Å². The van der Waals surface area contributed by atoms with Crippen molar-refractivity contribution in [3.05, 3.63) is 34.9 Å². The fourth-order valence-electron chi connectivity index (χ4n) is 3.07. The molecule has 0 spiro atoms. The van der Waals surface area contributed by atoms with E-state index in [-0.39, 0.29) is 13.0 Å². The molecule has 1 N–H and O–H groups in total. The van der Waals surface area contributed by atoms with Crippen molar-refractivity contribution in [3.63, 3.8) is 0 Å². The Morgan fingerprint density at radius 1 is 1.35 bits per heavy atom. The average molecular weight is 343 g/mol. The van der Waals surface area contributed by atoms with Crippen molar-refractivity contribution in [3.8, 4) is 0 Å². The Morgan fingerprint density at radius 3 is 2.39 bits per heavy atom. The number of carboxylic acid groups (broad SMARTS) is 1. The molecule has 1 aliphatic rings. The molecule has 0 radical (unpaired) electrons. The summed E-state index contributed by atoms with van der Waals surface area (Å²) in [6, 6.07) is 4.04. The molecule has 2 atom stereocenters. The Balaban J connectivity index is 2.31. The lowest BCUT2D eigenvalue weighted by Gasteiger charge is -2.25. The first-order valence-electron chi connectivity index (χ1n) is 7.09. The Bertz CT molecular complexity index is 726. The van der Waals surface area contributed by atoms with Crippen molar-refractivity contribution in [2.45, 2.75) is 26.3 Å². The number of nitrogens with zero attached hydrogens (tertiary/aromatic N) is 1. The Labute approximate surface area is 134 Å². The van der Waals surface area contributed by atoms with Crippen molar-refractivity contribution in [2.75, 3.05) is 12.3 Å². The van der Waals surface area contributed by atoms with Gasteiger partial charge in [-0.15, -0.1) is 3.89 Å². The van der Waals surface area contributed by atoms with Crippen LogP contribution in [0.5, 0.6) is 0 Å². The van der Waals surface area contributed by atoms with E-state index in [2.05, 4.69) is 0 Å². The van der Waals surface area contributed by atoms with Gasteiger partial charge in [-0.3, -0.25) is 4.79 Å². The number of carboxylic acids is 1. The number of rotatable bonds is 5. The van der Waals surface area contributed by atoms with Crippen molar-refractivity contribution in [1.82, 2.24) is 4.90 Å². The van der Waals surface area contributed by atoms with E-state index in [4.69, 9.17) is 0 Å². The maximum absolute atomic E-state index is 12.8. The van der Waals surface area contributed by atoms with Crippen LogP contribution in [0.1, 0.15) is 29.2 Å². The van der Waals surface area contributed by atoms with Gasteiger partial charge in [0.1, 0.15) is 0 Å². The predicted molar refractivity (Wildman–Crippen MR) is 81.0 cm³/mol. The first kappa shape index (κ1) is 17.4. The summed E-state index contributed by atoms with van der Waals surface area (Å²) in [5.74, 6) is -3.18. The number of benzene rings is 1. The molecule has 1 amide bonds. The molecule has 0 bridgehead atoms. The number of amides is 1. The highest BCUT2D eigenvalue weighted by Crippen LogP contribution is 2.31. The lowest BCUT2D eigenvalue weighted by molar-refractivity contribution is -0.148. The third-order valence-electron chi connectivity index (χ3n) is 3.78. The smallest absolute Gasteiger partial charge is 0.331 e. The summed E-state index contributed by atoms with van der Waals surface area (Å²) in [6.45, 7) is 3.55. The second-order valence-electron chi connectivity index (χ2n) is 5.98. The third kappa shape index (κ3) is 4.28. The van der Waals surface area contributed by atoms with Gasteiger partial charge in [0, 0.05) is 18.9 Å². The molecule has 0 saturated carbocycles. The van der Waals surface area contributed by atoms with Crippen LogP contribution in [-0.2, 0) is 19.8 Å². The van der Waals surface area contributed by atoms with Crippen LogP contribution in [0.3, 0.4) is 0 Å². The van der Waals surface area contributed by atoms with E-state index in [1.54, 1.807) is 12.1 Å². The van der Waals surface area contributed by atoms with Gasteiger partial charge in [-0.05, 0) is 19.4 Å². The fraction of sp³-hybridized carbons (Fsp3) is 0.467. The van der Waals surface area contributed by atoms with Gasteiger partial charge in [0.05, 0.1) is 5.75 Å². The molecule has 1 aromatic carbocycles. The molecule has 1 aliphatic heterocycles. The minimum atomic E-state index is -4.70. The number of halogens is 1. The maximum Gasteiger partial charge on any atom is 0.331 e. The number of likely N-dealkylation sites (tertiary alicyclic amines) is 1. The molecule has 0 aliphatic carbocycles. The minimum Gasteiger partial charge on any atom is -0.479 e. The normalized spacial score (nSPS) is 19.9. The fourth-order valence-corrected chi connectivity index (χ4v) is 3.86. The Kier molecular flexibility index (Phi) is 4.74. The number of hydrogen-bond acceptors (Lipinski definition) is 4. The van der Waals surface area contributed by atoms with Crippen LogP contribution in [-0.4, -0.2) is 42.6 Å². The molecule has 1 aromatic rings. The van der Waals surface area contributed by atoms with Crippen LogP contribution < -0.4 is 0 Å². The first-order valence-corrected chi connectivity index (χ1v) is 8.65. The van der Waals surface area contributed by atoms with E-state index in [1.807, 2.05) is 19.9 Å². The molecule has 1 heterocycles. The second kappa shape index (κ2) is 6.27. The molecule has 0 aromatic heterocycles. The van der Waals surface area contributed by atoms with Crippen LogP contribution in [0.25, 0.3) is 0 Å². The number of hydrogen-bond donors (Lipinski definition) is 1. The van der Waals surface area contributed by atoms with Crippen LogP contribution in [0.15, 0.2) is 18.2 Å². The lowest BCUT2D eigenvalue weighted by atomic mass is 10.0. The number of aliphatic carboxylic acids is 1. The van der Waals surface area contributed by atoms with E-state index in [0.29, 0.717) is 5.56 Å². The average Bonchev–Trinajstić information content (AvgIpc) is 2.66. The Morgan fingerprint density at radius 2 is 1.91 bits per heavy atom. The number of carbonyl (C=O) groups is 2. The van der Waals surface area contributed by atoms with E-state index < -0.39 is 39.8 Å². The molecule has 6 nitrogen and oxygen atoms in total. The van der Waals surface area contributed by atoms with Gasteiger partial charge in [-0.25, -0.2) is 4.79 Å². The third-order valence-corrected chi connectivity index (χ3v) is 4.65. The SMILES string of the molecule is Cc1cc(C)cc(C(C(=O)O)N2CC(CS(=O)(=O)F)CC2=O)c1. The standard InChI is InChI=1S/C15H18FNO5S/c1-9-3-10(2)5-12(4-9)14(15(19)20)17-7-11(6-13(17)18)8-23(16,21)22/h3-5,11,14H,6-8H2,1-2H3,(H,19,20). The number of aryl methyl sites for hydroxylation is 2. The zero-order valence-electron chi connectivity index (χ0n) is 12.8. The molecule has 2 unspecified atom stereocenters. The van der Waals surface area contributed by atoms with Gasteiger partial charge >= 0.3 is 16.2 Å². The van der Waals surface area contributed by atoms with Gasteiger partial charge in [0.15, 0.2) is 6.04 Å². The van der Waals surface area contributed by atoms with E-state index in [0.717, 1.165) is 16.0 Å². The van der Waals surface area contributed by atoms with Gasteiger partial charge < -0.3 is 10.0 Å². The van der Waals surface area contributed by atoms with E-state index in [1.165, 1.54) is 0 Å². The second-order valence-corrected chi connectivity index (χ2v) is 7.39. The van der Waals surface area contributed by atoms with Crippen molar-refractivity contribution >= 4 is 22.1 Å². The van der Waals surface area contributed by atoms with Crippen LogP contribution in [0.2, 0.25) is 0 Å². The number of carbonyl (C=O) groups excluding carboxylic acids is 1. The highest BCUT2D eigenvalue weighted by Gasteiger charge is 2.40. The molecular formula is C15H18FNO5S. The monoisotopic (exact) mass is 343 g/mol. The van der Waals surface area contributed by atoms with Crippen molar-refractivity contribution in [2.24, 2.45) is 5.92 Å². The Hall–Kier alpha value is -1.96. The topological polar surface area (TPSA) is 91.8 Å². The van der Waals surface area contributed by atoms with Crippen molar-refractivity contribution in [1.29, 1.82) is 0 Å². The maximum atomic E-state index is 12.8. The minimum absolute atomic E-state index is 0.0913. The molecule has 1 saturated heterocycles. The van der Waals surface area contributed by atoms with Crippen LogP contribution in [0.4, 0.5) is 3.89 Å². The molecule has 23 heavy (non-hydrogen) atoms. The summed E-state index contributed by atoms with van der Waals surface area (Å²) >= 11 is 0. The quantitative estimate of drug-likeness (QED) is 0.820. The zero-order valence-corrected chi connectivity index (χ0v) is 13.6. The highest BCUT2D eigenvalue weighted by molar-refractivity contribution is 7.86. The predicted octanol–water partition coefficient (Wildman–Crippen LogP) is 1.58. The van der Waals surface area contributed by atoms with Crippen LogP contribution in [0, 0.1) is 19.8 Å². The zero-order chi connectivity index (χ0) is 17.4. The van der Waals surface area contributed by atoms with Crippen LogP contribution >= 0.6 is 0 Å². The summed E-state index contributed by atoms with van der Waals surface area (Å²) < 4.78 is 34.3. The summed E-state index contributed by atoms with van der Waals surface area (Å²) in [4.78, 5) is 24.9. The molecule has 126 valence electrons. The molecule has 1 fully saturated rings. The van der Waals surface area contributed by atoms with Crippen molar-refractivity contribution < 1.29 is 27.0 Å². The summed E-state index contributed by atoms with van der Waals surface area (Å²) in [7, 11) is -4.70. The molecule has 8 heteroatoms. The van der Waals surface area contributed by atoms with Gasteiger partial charge in [0.2, 0.25) is 5.91 Å². The molecular weight excluding hydrogens is 325 g/mol.